The molecule has 0 radical (unpaired) electrons. The summed E-state index contributed by atoms with van der Waals surface area (Å²) in [7, 11) is 1.73. The van der Waals surface area contributed by atoms with Crippen molar-refractivity contribution >= 4 is 0 Å². The molecule has 0 heterocycles. The molecule has 1 aliphatic carbocycles. The van der Waals surface area contributed by atoms with E-state index in [1.54, 1.807) is 7.11 Å². The molecule has 0 bridgehead atoms. The molecule has 1 saturated carbocycles. The van der Waals surface area contributed by atoms with Gasteiger partial charge in [-0.1, -0.05) is 24.6 Å². The van der Waals surface area contributed by atoms with Crippen molar-refractivity contribution in [2.24, 2.45) is 11.1 Å². The smallest absolute Gasteiger partial charge is 0.122 e. The van der Waals surface area contributed by atoms with Gasteiger partial charge in [-0.3, -0.25) is 0 Å². The summed E-state index contributed by atoms with van der Waals surface area (Å²) in [5.41, 5.74) is 7.50. The summed E-state index contributed by atoms with van der Waals surface area (Å²) in [5.74, 6) is 0.983. The van der Waals surface area contributed by atoms with Crippen LogP contribution in [0.2, 0.25) is 0 Å². The summed E-state index contributed by atoms with van der Waals surface area (Å²) < 4.78 is 5.35. The highest BCUT2D eigenvalue weighted by molar-refractivity contribution is 5.33. The van der Waals surface area contributed by atoms with Gasteiger partial charge in [-0.15, -0.1) is 0 Å². The number of nitrogens with two attached hydrogens (primary N) is 1. The number of para-hydroxylation sites is 1. The van der Waals surface area contributed by atoms with Crippen LogP contribution in [0, 0.1) is 5.41 Å². The van der Waals surface area contributed by atoms with Crippen LogP contribution in [-0.4, -0.2) is 26.7 Å². The highest BCUT2D eigenvalue weighted by Gasteiger charge is 2.34. The Kier molecular flexibility index (Phi) is 4.61. The fourth-order valence-corrected chi connectivity index (χ4v) is 2.62. The van der Waals surface area contributed by atoms with Crippen molar-refractivity contribution in [3.63, 3.8) is 0 Å². The van der Waals surface area contributed by atoms with Crippen LogP contribution in [0.15, 0.2) is 24.3 Å². The zero-order valence-electron chi connectivity index (χ0n) is 11.2. The van der Waals surface area contributed by atoms with Crippen molar-refractivity contribution in [1.29, 1.82) is 0 Å². The van der Waals surface area contributed by atoms with Gasteiger partial charge in [-0.05, 0) is 49.4 Å². The lowest BCUT2D eigenvalue weighted by molar-refractivity contribution is 0.141. The van der Waals surface area contributed by atoms with Crippen molar-refractivity contribution in [3.05, 3.63) is 29.8 Å². The van der Waals surface area contributed by atoms with E-state index in [0.29, 0.717) is 5.41 Å². The molecule has 1 aromatic rings. The van der Waals surface area contributed by atoms with Crippen LogP contribution in [0.4, 0.5) is 0 Å². The molecule has 3 nitrogen and oxygen atoms in total. The molecule has 0 aromatic heterocycles. The lowest BCUT2D eigenvalue weighted by Crippen LogP contribution is -2.45. The van der Waals surface area contributed by atoms with Gasteiger partial charge in [0.15, 0.2) is 0 Å². The zero-order chi connectivity index (χ0) is 12.8. The van der Waals surface area contributed by atoms with Crippen molar-refractivity contribution < 1.29 is 4.74 Å². The first kappa shape index (κ1) is 13.4. The van der Waals surface area contributed by atoms with Crippen molar-refractivity contribution in [3.8, 4) is 5.75 Å². The maximum atomic E-state index is 5.85. The molecule has 0 saturated heterocycles. The van der Waals surface area contributed by atoms with Crippen LogP contribution in [0.5, 0.6) is 5.75 Å². The van der Waals surface area contributed by atoms with E-state index in [-0.39, 0.29) is 0 Å². The van der Waals surface area contributed by atoms with Gasteiger partial charge in [-0.2, -0.15) is 0 Å². The predicted octanol–water partition coefficient (Wildman–Crippen LogP) is 1.96. The van der Waals surface area contributed by atoms with E-state index in [0.717, 1.165) is 31.8 Å². The van der Waals surface area contributed by atoms with Crippen LogP contribution in [-0.2, 0) is 6.42 Å². The minimum Gasteiger partial charge on any atom is -0.496 e. The molecule has 100 valence electrons. The molecular formula is C15H24N2O. The van der Waals surface area contributed by atoms with Gasteiger partial charge >= 0.3 is 0 Å². The van der Waals surface area contributed by atoms with Gasteiger partial charge in [0.2, 0.25) is 0 Å². The predicted molar refractivity (Wildman–Crippen MR) is 74.9 cm³/mol. The standard InChI is InChI=1S/C15H24N2O/c1-18-14-6-3-2-5-13(14)7-10-17-12-15(11-16)8-4-9-15/h2-3,5-6,17H,4,7-12,16H2,1H3. The fourth-order valence-electron chi connectivity index (χ4n) is 2.62. The van der Waals surface area contributed by atoms with Gasteiger partial charge in [-0.25, -0.2) is 0 Å². The maximum Gasteiger partial charge on any atom is 0.122 e. The van der Waals surface area contributed by atoms with Gasteiger partial charge in [0.05, 0.1) is 7.11 Å². The Morgan fingerprint density at radius 1 is 1.33 bits per heavy atom. The molecule has 0 spiro atoms. The van der Waals surface area contributed by atoms with Crippen LogP contribution in [0.1, 0.15) is 24.8 Å². The lowest BCUT2D eigenvalue weighted by atomic mass is 9.69. The Labute approximate surface area is 110 Å². The monoisotopic (exact) mass is 248 g/mol. The topological polar surface area (TPSA) is 47.3 Å². The SMILES string of the molecule is COc1ccccc1CCNCC1(CN)CCC1. The van der Waals surface area contributed by atoms with E-state index in [2.05, 4.69) is 17.4 Å². The van der Waals surface area contributed by atoms with E-state index in [1.165, 1.54) is 24.8 Å². The molecule has 0 atom stereocenters. The number of hydrogen-bond acceptors (Lipinski definition) is 3. The number of methoxy groups -OCH3 is 1. The molecule has 3 N–H and O–H groups in total. The number of benzene rings is 1. The number of rotatable bonds is 7. The second kappa shape index (κ2) is 6.21. The van der Waals surface area contributed by atoms with E-state index in [1.807, 2.05) is 12.1 Å². The Balaban J connectivity index is 1.75. The quantitative estimate of drug-likeness (QED) is 0.725. The molecule has 0 aliphatic heterocycles. The summed E-state index contributed by atoms with van der Waals surface area (Å²) >= 11 is 0. The molecular weight excluding hydrogens is 224 g/mol. The third-order valence-electron chi connectivity index (χ3n) is 4.11. The Bertz CT molecular complexity index is 369. The molecule has 1 aromatic carbocycles. The van der Waals surface area contributed by atoms with Crippen molar-refractivity contribution in [1.82, 2.24) is 5.32 Å². The van der Waals surface area contributed by atoms with Crippen molar-refractivity contribution in [2.75, 3.05) is 26.7 Å². The van der Waals surface area contributed by atoms with E-state index < -0.39 is 0 Å². The summed E-state index contributed by atoms with van der Waals surface area (Å²) in [6.45, 7) is 2.86. The Hall–Kier alpha value is -1.06. The summed E-state index contributed by atoms with van der Waals surface area (Å²) in [5, 5.41) is 3.54. The molecule has 1 fully saturated rings. The molecule has 3 heteroatoms. The van der Waals surface area contributed by atoms with Gasteiger partial charge in [0.25, 0.3) is 0 Å². The van der Waals surface area contributed by atoms with Crippen LogP contribution >= 0.6 is 0 Å². The van der Waals surface area contributed by atoms with Crippen LogP contribution in [0.3, 0.4) is 0 Å². The summed E-state index contributed by atoms with van der Waals surface area (Å²) in [6, 6.07) is 8.21. The Morgan fingerprint density at radius 2 is 2.11 bits per heavy atom. The highest BCUT2D eigenvalue weighted by atomic mass is 16.5. The molecule has 0 amide bonds. The third kappa shape index (κ3) is 3.03. The maximum absolute atomic E-state index is 5.85. The van der Waals surface area contributed by atoms with E-state index >= 15 is 0 Å². The second-order valence-electron chi connectivity index (χ2n) is 5.30. The van der Waals surface area contributed by atoms with Crippen LogP contribution in [0.25, 0.3) is 0 Å². The van der Waals surface area contributed by atoms with E-state index in [4.69, 9.17) is 10.5 Å². The van der Waals surface area contributed by atoms with Crippen LogP contribution < -0.4 is 15.8 Å². The lowest BCUT2D eigenvalue weighted by Gasteiger charge is -2.41. The van der Waals surface area contributed by atoms with Gasteiger partial charge in [0, 0.05) is 6.54 Å². The number of nitrogens with one attached hydrogen (secondary N) is 1. The molecule has 0 unspecified atom stereocenters. The molecule has 1 aliphatic rings. The summed E-state index contributed by atoms with van der Waals surface area (Å²) in [4.78, 5) is 0. The zero-order valence-corrected chi connectivity index (χ0v) is 11.2. The fraction of sp³-hybridized carbons (Fsp3) is 0.600. The number of ether oxygens (including phenoxy) is 1. The first-order chi connectivity index (χ1) is 8.79. The average molecular weight is 248 g/mol. The highest BCUT2D eigenvalue weighted by Crippen LogP contribution is 2.39. The van der Waals surface area contributed by atoms with E-state index in [9.17, 15) is 0 Å². The first-order valence-electron chi connectivity index (χ1n) is 6.82. The molecule has 18 heavy (non-hydrogen) atoms. The summed E-state index contributed by atoms with van der Waals surface area (Å²) in [6.07, 6.45) is 4.91. The third-order valence-corrected chi connectivity index (χ3v) is 4.11. The average Bonchev–Trinajstić information content (AvgIpc) is 2.37. The van der Waals surface area contributed by atoms with Crippen molar-refractivity contribution in [2.45, 2.75) is 25.7 Å². The largest absolute Gasteiger partial charge is 0.496 e. The normalized spacial score (nSPS) is 17.2. The van der Waals surface area contributed by atoms with Gasteiger partial charge < -0.3 is 15.8 Å². The molecule has 2 rings (SSSR count). The second-order valence-corrected chi connectivity index (χ2v) is 5.30. The first-order valence-corrected chi connectivity index (χ1v) is 6.82. The van der Waals surface area contributed by atoms with Gasteiger partial charge in [0.1, 0.15) is 5.75 Å². The Morgan fingerprint density at radius 3 is 2.72 bits per heavy atom. The minimum absolute atomic E-state index is 0.390. The number of hydrogen-bond donors (Lipinski definition) is 2. The minimum atomic E-state index is 0.390.